The number of aromatic amines is 1. The third-order valence-corrected chi connectivity index (χ3v) is 7.34. The Morgan fingerprint density at radius 2 is 2.06 bits per heavy atom. The van der Waals surface area contributed by atoms with Crippen LogP contribution in [0.25, 0.3) is 11.1 Å². The Kier molecular flexibility index (Phi) is 5.37. The average molecular weight is 502 g/mol. The first-order chi connectivity index (χ1) is 16.8. The number of anilines is 1. The summed E-state index contributed by atoms with van der Waals surface area (Å²) in [7, 11) is 0. The van der Waals surface area contributed by atoms with Crippen LogP contribution in [0.3, 0.4) is 0 Å². The minimum absolute atomic E-state index is 0.00865. The van der Waals surface area contributed by atoms with E-state index in [-0.39, 0.29) is 35.5 Å². The molecule has 3 N–H and O–H groups in total. The van der Waals surface area contributed by atoms with Gasteiger partial charge in [-0.3, -0.25) is 14.6 Å². The lowest BCUT2D eigenvalue weighted by atomic mass is 9.86. The lowest BCUT2D eigenvalue weighted by Gasteiger charge is -2.27. The number of nitrogens with zero attached hydrogens (tertiary/aromatic N) is 1. The number of benzene rings is 1. The highest BCUT2D eigenvalue weighted by Crippen LogP contribution is 2.54. The number of nitrogens with two attached hydrogens (primary N) is 1. The predicted molar refractivity (Wildman–Crippen MR) is 124 cm³/mol. The van der Waals surface area contributed by atoms with Gasteiger partial charge >= 0.3 is 5.97 Å². The van der Waals surface area contributed by atoms with Crippen molar-refractivity contribution in [1.29, 1.82) is 0 Å². The molecule has 2 aromatic heterocycles. The molecule has 1 aliphatic carbocycles. The average Bonchev–Trinajstić information content (AvgIpc) is 3.42. The lowest BCUT2D eigenvalue weighted by Crippen LogP contribution is -2.41. The van der Waals surface area contributed by atoms with E-state index >= 15 is 0 Å². The second-order valence-electron chi connectivity index (χ2n) is 9.37. The molecule has 184 valence electrons. The predicted octanol–water partition coefficient (Wildman–Crippen LogP) is 3.41. The number of aromatic nitrogens is 2. The Hall–Kier alpha value is -2.92. The summed E-state index contributed by atoms with van der Waals surface area (Å²) in [6.07, 6.45) is 1.52. The number of furan rings is 1. The van der Waals surface area contributed by atoms with Crippen LogP contribution in [-0.4, -0.2) is 40.4 Å². The molecule has 2 saturated heterocycles. The highest BCUT2D eigenvalue weighted by Gasteiger charge is 2.63. The molecule has 6 rings (SSSR count). The zero-order valence-corrected chi connectivity index (χ0v) is 19.6. The van der Waals surface area contributed by atoms with E-state index in [0.29, 0.717) is 10.6 Å². The minimum atomic E-state index is -1.01. The summed E-state index contributed by atoms with van der Waals surface area (Å²) in [5.41, 5.74) is 5.88. The number of hydrogen-bond acceptors (Lipinski definition) is 9. The van der Waals surface area contributed by atoms with E-state index in [9.17, 15) is 9.59 Å². The van der Waals surface area contributed by atoms with Crippen molar-refractivity contribution >= 4 is 34.6 Å². The molecule has 1 unspecified atom stereocenters. The number of halogens is 1. The van der Waals surface area contributed by atoms with Crippen LogP contribution in [0, 0.1) is 5.92 Å². The van der Waals surface area contributed by atoms with E-state index in [1.807, 2.05) is 19.1 Å². The first-order valence-corrected chi connectivity index (χ1v) is 11.9. The Balaban J connectivity index is 1.34. The van der Waals surface area contributed by atoms with Crippen LogP contribution in [0.4, 0.5) is 5.95 Å². The molecule has 1 saturated carbocycles. The largest absolute Gasteiger partial charge is 0.463 e. The summed E-state index contributed by atoms with van der Waals surface area (Å²) in [5, 5.41) is 0.596. The molecule has 1 aromatic carbocycles. The summed E-state index contributed by atoms with van der Waals surface area (Å²) in [5.74, 6) is -0.329. The van der Waals surface area contributed by atoms with Crippen LogP contribution in [-0.2, 0) is 23.7 Å². The number of carbonyl (C=O) groups excluding carboxylic acids is 1. The van der Waals surface area contributed by atoms with Crippen LogP contribution in [0.5, 0.6) is 0 Å². The first-order valence-electron chi connectivity index (χ1n) is 11.5. The second-order valence-corrected chi connectivity index (χ2v) is 9.81. The highest BCUT2D eigenvalue weighted by molar-refractivity contribution is 6.30. The van der Waals surface area contributed by atoms with Gasteiger partial charge in [0.2, 0.25) is 11.5 Å². The third kappa shape index (κ3) is 3.72. The molecule has 0 bridgehead atoms. The molecule has 0 amide bonds. The molecule has 3 aliphatic rings. The number of fused-ring (bicyclic) bond motifs is 2. The Labute approximate surface area is 204 Å². The minimum Gasteiger partial charge on any atom is -0.463 e. The van der Waals surface area contributed by atoms with Gasteiger partial charge in [-0.05, 0) is 31.9 Å². The van der Waals surface area contributed by atoms with Gasteiger partial charge in [0.1, 0.15) is 36.0 Å². The molecule has 35 heavy (non-hydrogen) atoms. The fourth-order valence-electron chi connectivity index (χ4n) is 4.99. The first kappa shape index (κ1) is 22.5. The SMILES string of the molecule is C[C@@]12OC(c3ccc(Cl)cc3)O[C@@H]1[C@@H](COC(=O)C1CCC1)O[C@H]2c1coc2c(=O)[nH]c(N)nc12. The van der Waals surface area contributed by atoms with Gasteiger partial charge in [0.05, 0.1) is 12.2 Å². The third-order valence-electron chi connectivity index (χ3n) is 7.09. The summed E-state index contributed by atoms with van der Waals surface area (Å²) in [4.78, 5) is 31.4. The van der Waals surface area contributed by atoms with Crippen LogP contribution < -0.4 is 11.3 Å². The van der Waals surface area contributed by atoms with Gasteiger partial charge in [-0.2, -0.15) is 0 Å². The number of H-pyrrole nitrogens is 1. The van der Waals surface area contributed by atoms with Crippen molar-refractivity contribution in [2.75, 3.05) is 12.3 Å². The Morgan fingerprint density at radius 3 is 2.77 bits per heavy atom. The van der Waals surface area contributed by atoms with Crippen LogP contribution in [0.15, 0.2) is 39.7 Å². The van der Waals surface area contributed by atoms with Gasteiger partial charge in [0.25, 0.3) is 5.56 Å². The van der Waals surface area contributed by atoms with Crippen LogP contribution >= 0.6 is 11.6 Å². The summed E-state index contributed by atoms with van der Waals surface area (Å²) in [6, 6.07) is 7.17. The van der Waals surface area contributed by atoms with Crippen molar-refractivity contribution in [3.05, 3.63) is 57.0 Å². The highest BCUT2D eigenvalue weighted by atomic mass is 35.5. The van der Waals surface area contributed by atoms with E-state index in [1.165, 1.54) is 6.26 Å². The van der Waals surface area contributed by atoms with Crippen molar-refractivity contribution < 1.29 is 28.2 Å². The molecule has 10 nitrogen and oxygen atoms in total. The summed E-state index contributed by atoms with van der Waals surface area (Å²) < 4.78 is 30.2. The molecular formula is C24H24ClN3O7. The normalized spacial score (nSPS) is 30.3. The van der Waals surface area contributed by atoms with Gasteiger partial charge < -0.3 is 29.1 Å². The summed E-state index contributed by atoms with van der Waals surface area (Å²) in [6.45, 7) is 1.87. The number of nitrogens with one attached hydrogen (secondary N) is 1. The quantitative estimate of drug-likeness (QED) is 0.503. The van der Waals surface area contributed by atoms with Gasteiger partial charge in [-0.25, -0.2) is 4.98 Å². The van der Waals surface area contributed by atoms with Gasteiger partial charge in [0.15, 0.2) is 6.29 Å². The van der Waals surface area contributed by atoms with Crippen molar-refractivity contribution in [2.45, 2.75) is 56.4 Å². The van der Waals surface area contributed by atoms with Crippen LogP contribution in [0.2, 0.25) is 5.02 Å². The number of ether oxygens (including phenoxy) is 4. The van der Waals surface area contributed by atoms with Crippen molar-refractivity contribution in [3.8, 4) is 0 Å². The molecule has 2 aliphatic heterocycles. The van der Waals surface area contributed by atoms with E-state index in [2.05, 4.69) is 9.97 Å². The van der Waals surface area contributed by atoms with Crippen molar-refractivity contribution in [3.63, 3.8) is 0 Å². The van der Waals surface area contributed by atoms with Gasteiger partial charge in [0, 0.05) is 16.1 Å². The zero-order chi connectivity index (χ0) is 24.3. The van der Waals surface area contributed by atoms with E-state index in [0.717, 1.165) is 24.8 Å². The molecule has 0 radical (unpaired) electrons. The molecule has 3 aromatic rings. The van der Waals surface area contributed by atoms with Crippen molar-refractivity contribution in [2.24, 2.45) is 5.92 Å². The lowest BCUT2D eigenvalue weighted by molar-refractivity contribution is -0.170. The van der Waals surface area contributed by atoms with Crippen LogP contribution in [0.1, 0.15) is 49.7 Å². The van der Waals surface area contributed by atoms with Crippen molar-refractivity contribution in [1.82, 2.24) is 9.97 Å². The maximum atomic E-state index is 12.4. The number of rotatable bonds is 5. The zero-order valence-electron chi connectivity index (χ0n) is 18.9. The monoisotopic (exact) mass is 501 g/mol. The topological polar surface area (TPSA) is 139 Å². The second kappa shape index (κ2) is 8.34. The number of esters is 1. The fraction of sp³-hybridized carbons (Fsp3) is 0.458. The molecule has 4 heterocycles. The molecule has 5 atom stereocenters. The maximum Gasteiger partial charge on any atom is 0.309 e. The number of nitrogen functional groups attached to an aromatic ring is 1. The maximum absolute atomic E-state index is 12.4. The molecular weight excluding hydrogens is 478 g/mol. The standard InChI is InChI=1S/C24H24ClN3O7/c1-24-18(14-9-31-17-16(14)27-23(26)28-20(17)29)33-15(10-32-21(30)11-3-2-4-11)19(24)34-22(35-24)12-5-7-13(25)8-6-12/h5-9,11,15,18-19,22H,2-4,10H2,1H3,(H3,26,27,28,29)/t15-,18+,19-,22?,24+/m1/s1. The van der Waals surface area contributed by atoms with Gasteiger partial charge in [-0.15, -0.1) is 0 Å². The summed E-state index contributed by atoms with van der Waals surface area (Å²) >= 11 is 6.04. The Morgan fingerprint density at radius 1 is 1.29 bits per heavy atom. The van der Waals surface area contributed by atoms with E-state index in [1.54, 1.807) is 12.1 Å². The molecule has 3 fully saturated rings. The number of hydrogen-bond donors (Lipinski definition) is 2. The fourth-order valence-corrected chi connectivity index (χ4v) is 5.12. The molecule has 11 heteroatoms. The van der Waals surface area contributed by atoms with E-state index in [4.69, 9.17) is 40.7 Å². The Bertz CT molecular complexity index is 1340. The van der Waals surface area contributed by atoms with E-state index < -0.39 is 35.8 Å². The smallest absolute Gasteiger partial charge is 0.309 e. The number of carbonyl (C=O) groups is 1. The molecule has 0 spiro atoms. The van der Waals surface area contributed by atoms with Gasteiger partial charge in [-0.1, -0.05) is 30.2 Å².